The molecule has 3 atom stereocenters. The van der Waals surface area contributed by atoms with E-state index in [9.17, 15) is 0 Å². The van der Waals surface area contributed by atoms with Crippen LogP contribution < -0.4 is 5.73 Å². The Bertz CT molecular complexity index is 238. The van der Waals surface area contributed by atoms with E-state index >= 15 is 0 Å². The first-order valence-corrected chi connectivity index (χ1v) is 8.46. The highest BCUT2D eigenvalue weighted by molar-refractivity contribution is 7.99. The van der Waals surface area contributed by atoms with Gasteiger partial charge in [0.2, 0.25) is 0 Å². The van der Waals surface area contributed by atoms with Crippen LogP contribution in [0.1, 0.15) is 46.0 Å². The van der Waals surface area contributed by atoms with Crippen LogP contribution in [-0.4, -0.2) is 41.1 Å². The Morgan fingerprint density at radius 2 is 1.71 bits per heavy atom. The van der Waals surface area contributed by atoms with Crippen molar-refractivity contribution in [3.05, 3.63) is 0 Å². The van der Waals surface area contributed by atoms with Crippen molar-refractivity contribution in [2.45, 2.75) is 69.3 Å². The molecule has 1 saturated heterocycles. The van der Waals surface area contributed by atoms with Crippen LogP contribution in [0.3, 0.4) is 0 Å². The van der Waals surface area contributed by atoms with Crippen molar-refractivity contribution in [1.29, 1.82) is 0 Å². The number of piperidine rings is 1. The number of thioether (sulfide) groups is 1. The van der Waals surface area contributed by atoms with Crippen molar-refractivity contribution in [3.8, 4) is 0 Å². The zero-order valence-electron chi connectivity index (χ0n) is 11.6. The lowest BCUT2D eigenvalue weighted by Gasteiger charge is -2.47. The smallest absolute Gasteiger partial charge is 0.0110 e. The molecule has 17 heavy (non-hydrogen) atoms. The topological polar surface area (TPSA) is 29.3 Å². The molecule has 0 amide bonds. The predicted molar refractivity (Wildman–Crippen MR) is 77.5 cm³/mol. The third kappa shape index (κ3) is 2.99. The molecule has 2 aliphatic rings. The first-order valence-electron chi connectivity index (χ1n) is 7.17. The van der Waals surface area contributed by atoms with Crippen LogP contribution >= 0.6 is 11.8 Å². The van der Waals surface area contributed by atoms with E-state index in [4.69, 9.17) is 5.73 Å². The second-order valence-electron chi connectivity index (χ2n) is 5.96. The summed E-state index contributed by atoms with van der Waals surface area (Å²) < 4.78 is 0. The Balaban J connectivity index is 1.90. The summed E-state index contributed by atoms with van der Waals surface area (Å²) >= 11 is 2.06. The highest BCUT2D eigenvalue weighted by atomic mass is 32.2. The van der Waals surface area contributed by atoms with E-state index in [-0.39, 0.29) is 0 Å². The molecule has 1 heterocycles. The van der Waals surface area contributed by atoms with E-state index < -0.39 is 0 Å². The van der Waals surface area contributed by atoms with Crippen LogP contribution in [0.4, 0.5) is 0 Å². The minimum atomic E-state index is 0.420. The number of rotatable bonds is 2. The van der Waals surface area contributed by atoms with Crippen LogP contribution in [0.5, 0.6) is 0 Å². The summed E-state index contributed by atoms with van der Waals surface area (Å²) in [7, 11) is 0. The van der Waals surface area contributed by atoms with Gasteiger partial charge >= 0.3 is 0 Å². The second kappa shape index (κ2) is 5.94. The van der Waals surface area contributed by atoms with Gasteiger partial charge in [-0.25, -0.2) is 0 Å². The molecule has 0 bridgehead atoms. The van der Waals surface area contributed by atoms with Gasteiger partial charge in [-0.1, -0.05) is 6.92 Å². The van der Waals surface area contributed by atoms with Crippen molar-refractivity contribution < 1.29 is 0 Å². The fourth-order valence-electron chi connectivity index (χ4n) is 3.55. The molecule has 3 heteroatoms. The normalized spacial score (nSPS) is 44.8. The van der Waals surface area contributed by atoms with Gasteiger partial charge < -0.3 is 5.73 Å². The molecule has 0 aromatic carbocycles. The van der Waals surface area contributed by atoms with E-state index in [1.54, 1.807) is 0 Å². The van der Waals surface area contributed by atoms with Crippen molar-refractivity contribution in [2.24, 2.45) is 11.7 Å². The molecule has 2 nitrogen and oxygen atoms in total. The molecule has 2 rings (SSSR count). The predicted octanol–water partition coefficient (Wildman–Crippen LogP) is 2.72. The Hall–Kier alpha value is 0.270. The van der Waals surface area contributed by atoms with Gasteiger partial charge in [-0.3, -0.25) is 4.90 Å². The van der Waals surface area contributed by atoms with Crippen molar-refractivity contribution >= 4 is 11.8 Å². The molecule has 0 aromatic rings. The maximum Gasteiger partial charge on any atom is 0.0110 e. The van der Waals surface area contributed by atoms with Crippen molar-refractivity contribution in [3.63, 3.8) is 0 Å². The van der Waals surface area contributed by atoms with Crippen molar-refractivity contribution in [1.82, 2.24) is 4.90 Å². The van der Waals surface area contributed by atoms with Gasteiger partial charge in [0.1, 0.15) is 0 Å². The second-order valence-corrected chi connectivity index (χ2v) is 7.09. The van der Waals surface area contributed by atoms with Gasteiger partial charge in [-0.2, -0.15) is 11.8 Å². The van der Waals surface area contributed by atoms with Gasteiger partial charge in [0.25, 0.3) is 0 Å². The summed E-state index contributed by atoms with van der Waals surface area (Å²) in [6, 6.07) is 1.93. The van der Waals surface area contributed by atoms with Crippen LogP contribution in [0.15, 0.2) is 0 Å². The number of likely N-dealkylation sites (tertiary alicyclic amines) is 1. The molecule has 0 radical (unpaired) electrons. The quantitative estimate of drug-likeness (QED) is 0.824. The molecule has 2 fully saturated rings. The third-order valence-corrected chi connectivity index (χ3v) is 6.26. The Morgan fingerprint density at radius 3 is 2.29 bits per heavy atom. The monoisotopic (exact) mass is 256 g/mol. The zero-order valence-corrected chi connectivity index (χ0v) is 12.4. The SMILES string of the molecule is CSC1CCC(N2CCC(N)C(C)C2C)CC1. The van der Waals surface area contributed by atoms with E-state index in [1.165, 1.54) is 38.6 Å². The van der Waals surface area contributed by atoms with Crippen LogP contribution in [0, 0.1) is 5.92 Å². The van der Waals surface area contributed by atoms with E-state index in [1.807, 2.05) is 0 Å². The first kappa shape index (κ1) is 13.7. The lowest BCUT2D eigenvalue weighted by molar-refractivity contribution is 0.0411. The average Bonchev–Trinajstić information content (AvgIpc) is 2.36. The molecule has 1 saturated carbocycles. The number of nitrogens with zero attached hydrogens (tertiary/aromatic N) is 1. The maximum absolute atomic E-state index is 6.17. The molecule has 1 aliphatic heterocycles. The molecular weight excluding hydrogens is 228 g/mol. The lowest BCUT2D eigenvalue weighted by atomic mass is 9.84. The Morgan fingerprint density at radius 1 is 1.06 bits per heavy atom. The number of nitrogens with two attached hydrogens (primary N) is 1. The summed E-state index contributed by atoms with van der Waals surface area (Å²) in [5.74, 6) is 0.655. The molecule has 2 N–H and O–H groups in total. The van der Waals surface area contributed by atoms with Gasteiger partial charge in [0.05, 0.1) is 0 Å². The van der Waals surface area contributed by atoms with Gasteiger partial charge in [0.15, 0.2) is 0 Å². The maximum atomic E-state index is 6.17. The molecule has 3 unspecified atom stereocenters. The summed E-state index contributed by atoms with van der Waals surface area (Å²) in [5, 5.41) is 0.922. The Labute approximate surface area is 111 Å². The lowest BCUT2D eigenvalue weighted by Crippen LogP contribution is -2.55. The minimum Gasteiger partial charge on any atom is -0.327 e. The van der Waals surface area contributed by atoms with E-state index in [0.717, 1.165) is 11.3 Å². The summed E-state index contributed by atoms with van der Waals surface area (Å²) in [6.45, 7) is 5.93. The van der Waals surface area contributed by atoms with Crippen LogP contribution in [-0.2, 0) is 0 Å². The largest absolute Gasteiger partial charge is 0.327 e. The zero-order chi connectivity index (χ0) is 12.4. The standard InChI is InChI=1S/C14H28N2S/c1-10-11(2)16(9-8-14(10)15)12-4-6-13(17-3)7-5-12/h10-14H,4-9,15H2,1-3H3. The van der Waals surface area contributed by atoms with E-state index in [2.05, 4.69) is 36.8 Å². The van der Waals surface area contributed by atoms with Gasteiger partial charge in [-0.15, -0.1) is 0 Å². The molecule has 1 aliphatic carbocycles. The summed E-state index contributed by atoms with van der Waals surface area (Å²) in [5.41, 5.74) is 6.17. The number of hydrogen-bond acceptors (Lipinski definition) is 3. The molecule has 100 valence electrons. The molecule has 0 spiro atoms. The first-order chi connectivity index (χ1) is 8.13. The molecule has 0 aromatic heterocycles. The summed E-state index contributed by atoms with van der Waals surface area (Å²) in [4.78, 5) is 2.75. The van der Waals surface area contributed by atoms with Crippen molar-refractivity contribution in [2.75, 3.05) is 12.8 Å². The Kier molecular flexibility index (Phi) is 4.79. The fraction of sp³-hybridized carbons (Fsp3) is 1.00. The summed E-state index contributed by atoms with van der Waals surface area (Å²) in [6.07, 6.45) is 9.07. The van der Waals surface area contributed by atoms with Gasteiger partial charge in [0, 0.05) is 29.9 Å². The van der Waals surface area contributed by atoms with Gasteiger partial charge in [-0.05, 0) is 51.2 Å². The minimum absolute atomic E-state index is 0.420. The fourth-order valence-corrected chi connectivity index (χ4v) is 4.30. The highest BCUT2D eigenvalue weighted by Crippen LogP contribution is 2.33. The number of hydrogen-bond donors (Lipinski definition) is 1. The third-order valence-electron chi connectivity index (χ3n) is 5.13. The van der Waals surface area contributed by atoms with Crippen LogP contribution in [0.25, 0.3) is 0 Å². The highest BCUT2D eigenvalue weighted by Gasteiger charge is 2.35. The van der Waals surface area contributed by atoms with E-state index in [0.29, 0.717) is 18.0 Å². The average molecular weight is 256 g/mol. The van der Waals surface area contributed by atoms with Crippen LogP contribution in [0.2, 0.25) is 0 Å². The molecular formula is C14H28N2S.